The molecule has 0 spiro atoms. The third-order valence-corrected chi connectivity index (χ3v) is 2.90. The number of hydrogen-bond donors (Lipinski definition) is 1. The third kappa shape index (κ3) is 3.41. The minimum Gasteiger partial charge on any atom is -0.128 e. The van der Waals surface area contributed by atoms with Crippen LogP contribution in [0.15, 0.2) is 36.5 Å². The van der Waals surface area contributed by atoms with Crippen LogP contribution >= 0.6 is 0 Å². The van der Waals surface area contributed by atoms with Crippen LogP contribution in [0.4, 0.5) is 0 Å². The molecule has 0 aliphatic rings. The number of unbranched alkanes of at least 4 members (excludes halogenated alkanes) is 3. The van der Waals surface area contributed by atoms with Crippen LogP contribution in [0.25, 0.3) is 5.69 Å². The molecular weight excluding hydrogens is 210 g/mol. The summed E-state index contributed by atoms with van der Waals surface area (Å²) < 4.78 is 1.97. The highest BCUT2D eigenvalue weighted by atomic mass is 15.4. The molecule has 3 heteroatoms. The Balaban J connectivity index is 1.92. The van der Waals surface area contributed by atoms with Crippen LogP contribution in [0, 0.1) is 0 Å². The maximum Gasteiger partial charge on any atom is 0.218 e. The Bertz CT molecular complexity index is 434. The standard InChI is InChI=1S/C14H19N3/c1-2-3-4-6-9-13-12-17(16-15-13)14-10-7-5-8-11-14/h5,7-8,10-12H,2-4,6,9H2,1H3/p+1. The van der Waals surface area contributed by atoms with Gasteiger partial charge in [-0.2, -0.15) is 0 Å². The van der Waals surface area contributed by atoms with Gasteiger partial charge in [0.1, 0.15) is 0 Å². The molecule has 0 amide bonds. The summed E-state index contributed by atoms with van der Waals surface area (Å²) in [6, 6.07) is 10.2. The van der Waals surface area contributed by atoms with Crippen molar-refractivity contribution < 1.29 is 4.68 Å². The minimum atomic E-state index is 1.07. The van der Waals surface area contributed by atoms with Gasteiger partial charge >= 0.3 is 0 Å². The smallest absolute Gasteiger partial charge is 0.128 e. The Labute approximate surface area is 102 Å². The molecule has 2 aromatic rings. The van der Waals surface area contributed by atoms with Crippen molar-refractivity contribution >= 4 is 0 Å². The normalized spacial score (nSPS) is 10.6. The number of rotatable bonds is 6. The van der Waals surface area contributed by atoms with E-state index in [4.69, 9.17) is 0 Å². The zero-order valence-electron chi connectivity index (χ0n) is 10.4. The van der Waals surface area contributed by atoms with E-state index < -0.39 is 0 Å². The molecule has 0 saturated carbocycles. The number of nitrogens with zero attached hydrogens (tertiary/aromatic N) is 2. The number of H-pyrrole nitrogens is 1. The van der Waals surface area contributed by atoms with Crippen molar-refractivity contribution in [3.05, 3.63) is 42.2 Å². The van der Waals surface area contributed by atoms with Gasteiger partial charge in [0, 0.05) is 11.5 Å². The summed E-state index contributed by atoms with van der Waals surface area (Å²) in [5, 5.41) is 7.36. The number of aryl methyl sites for hydroxylation is 1. The quantitative estimate of drug-likeness (QED) is 0.600. The van der Waals surface area contributed by atoms with Crippen molar-refractivity contribution in [2.24, 2.45) is 0 Å². The van der Waals surface area contributed by atoms with Crippen molar-refractivity contribution in [3.63, 3.8) is 0 Å². The number of nitrogens with one attached hydrogen (secondary N) is 1. The second-order valence-corrected chi connectivity index (χ2v) is 4.35. The van der Waals surface area contributed by atoms with Crippen LogP contribution in [0.5, 0.6) is 0 Å². The summed E-state index contributed by atoms with van der Waals surface area (Å²) in [6.07, 6.45) is 8.29. The second-order valence-electron chi connectivity index (χ2n) is 4.35. The third-order valence-electron chi connectivity index (χ3n) is 2.90. The minimum absolute atomic E-state index is 1.07. The van der Waals surface area contributed by atoms with Crippen molar-refractivity contribution in [2.75, 3.05) is 0 Å². The van der Waals surface area contributed by atoms with Crippen LogP contribution in [-0.2, 0) is 6.42 Å². The van der Waals surface area contributed by atoms with Crippen molar-refractivity contribution in [1.82, 2.24) is 10.3 Å². The lowest BCUT2D eigenvalue weighted by atomic mass is 10.1. The summed E-state index contributed by atoms with van der Waals surface area (Å²) >= 11 is 0. The van der Waals surface area contributed by atoms with Gasteiger partial charge < -0.3 is 0 Å². The lowest BCUT2D eigenvalue weighted by Crippen LogP contribution is -2.31. The molecule has 1 aromatic carbocycles. The van der Waals surface area contributed by atoms with E-state index in [-0.39, 0.29) is 0 Å². The molecule has 2 rings (SSSR count). The first-order chi connectivity index (χ1) is 8.40. The van der Waals surface area contributed by atoms with Crippen molar-refractivity contribution in [1.29, 1.82) is 0 Å². The van der Waals surface area contributed by atoms with Crippen LogP contribution < -0.4 is 4.68 Å². The predicted molar refractivity (Wildman–Crippen MR) is 68.0 cm³/mol. The van der Waals surface area contributed by atoms with Crippen molar-refractivity contribution in [3.8, 4) is 5.69 Å². The highest BCUT2D eigenvalue weighted by Crippen LogP contribution is 2.04. The first-order valence-corrected chi connectivity index (χ1v) is 6.41. The Morgan fingerprint density at radius 3 is 2.71 bits per heavy atom. The van der Waals surface area contributed by atoms with Crippen LogP contribution in [0.1, 0.15) is 38.3 Å². The average molecular weight is 230 g/mol. The van der Waals surface area contributed by atoms with Gasteiger partial charge in [0.05, 0.1) is 0 Å². The van der Waals surface area contributed by atoms with E-state index in [2.05, 4.69) is 35.6 Å². The summed E-state index contributed by atoms with van der Waals surface area (Å²) in [7, 11) is 0. The molecule has 3 nitrogen and oxygen atoms in total. The molecule has 0 fully saturated rings. The monoisotopic (exact) mass is 230 g/mol. The Morgan fingerprint density at radius 1 is 1.12 bits per heavy atom. The first kappa shape index (κ1) is 11.8. The summed E-state index contributed by atoms with van der Waals surface area (Å²) in [4.78, 5) is 0. The lowest BCUT2D eigenvalue weighted by Gasteiger charge is -1.93. The topological polar surface area (TPSA) is 32.6 Å². The molecule has 0 radical (unpaired) electrons. The number of benzene rings is 1. The highest BCUT2D eigenvalue weighted by molar-refractivity contribution is 5.20. The van der Waals surface area contributed by atoms with Crippen LogP contribution in [-0.4, -0.2) is 10.3 Å². The van der Waals surface area contributed by atoms with E-state index in [9.17, 15) is 0 Å². The first-order valence-electron chi connectivity index (χ1n) is 6.41. The van der Waals surface area contributed by atoms with Gasteiger partial charge in [-0.15, -0.1) is 4.68 Å². The van der Waals surface area contributed by atoms with Gasteiger partial charge in [-0.05, 0) is 18.6 Å². The zero-order valence-corrected chi connectivity index (χ0v) is 10.4. The van der Waals surface area contributed by atoms with E-state index in [1.165, 1.54) is 25.7 Å². The summed E-state index contributed by atoms with van der Waals surface area (Å²) in [6.45, 7) is 2.23. The molecule has 0 bridgehead atoms. The molecule has 0 aliphatic heterocycles. The van der Waals surface area contributed by atoms with Crippen LogP contribution in [0.2, 0.25) is 0 Å². The average Bonchev–Trinajstić information content (AvgIpc) is 2.85. The fraction of sp³-hybridized carbons (Fsp3) is 0.429. The molecule has 0 unspecified atom stereocenters. The van der Waals surface area contributed by atoms with Gasteiger partial charge in [0.15, 0.2) is 11.9 Å². The van der Waals surface area contributed by atoms with Gasteiger partial charge in [-0.3, -0.25) is 0 Å². The molecule has 90 valence electrons. The zero-order chi connectivity index (χ0) is 11.9. The molecule has 0 atom stereocenters. The molecule has 1 N–H and O–H groups in total. The van der Waals surface area contributed by atoms with Crippen LogP contribution in [0.3, 0.4) is 0 Å². The Morgan fingerprint density at radius 2 is 1.94 bits per heavy atom. The predicted octanol–water partition coefficient (Wildman–Crippen LogP) is 2.81. The van der Waals surface area contributed by atoms with Gasteiger partial charge in [-0.25, -0.2) is 0 Å². The second kappa shape index (κ2) is 6.18. The highest BCUT2D eigenvalue weighted by Gasteiger charge is 2.09. The molecule has 0 saturated heterocycles. The number of aromatic amines is 1. The van der Waals surface area contributed by atoms with E-state index in [0.717, 1.165) is 17.8 Å². The number of hydrogen-bond acceptors (Lipinski definition) is 1. The maximum absolute atomic E-state index is 4.33. The molecule has 17 heavy (non-hydrogen) atoms. The Hall–Kier alpha value is -1.64. The maximum atomic E-state index is 4.33. The molecular formula is C14H20N3+. The Kier molecular flexibility index (Phi) is 4.30. The molecule has 0 aliphatic carbocycles. The largest absolute Gasteiger partial charge is 0.218 e. The van der Waals surface area contributed by atoms with E-state index in [1.54, 1.807) is 0 Å². The number of para-hydroxylation sites is 1. The SMILES string of the molecule is CCCCCCc1c[n+](-c2ccccc2)[nH]n1. The fourth-order valence-electron chi connectivity index (χ4n) is 1.90. The number of aromatic nitrogens is 3. The van der Waals surface area contributed by atoms with Gasteiger partial charge in [0.25, 0.3) is 0 Å². The summed E-state index contributed by atoms with van der Waals surface area (Å²) in [5.74, 6) is 0. The molecule has 1 heterocycles. The van der Waals surface area contributed by atoms with E-state index in [1.807, 2.05) is 22.9 Å². The van der Waals surface area contributed by atoms with Gasteiger partial charge in [0.2, 0.25) is 5.69 Å². The fourth-order valence-corrected chi connectivity index (χ4v) is 1.90. The van der Waals surface area contributed by atoms with Crippen molar-refractivity contribution in [2.45, 2.75) is 39.0 Å². The lowest BCUT2D eigenvalue weighted by molar-refractivity contribution is -0.659. The van der Waals surface area contributed by atoms with E-state index >= 15 is 0 Å². The van der Waals surface area contributed by atoms with E-state index in [0.29, 0.717) is 0 Å². The molecule has 1 aromatic heterocycles. The summed E-state index contributed by atoms with van der Waals surface area (Å²) in [5.41, 5.74) is 2.27. The van der Waals surface area contributed by atoms with Gasteiger partial charge in [-0.1, -0.05) is 49.6 Å².